The average molecular weight is 278 g/mol. The second-order valence-corrected chi connectivity index (χ2v) is 5.11. The van der Waals surface area contributed by atoms with Crippen LogP contribution in [0, 0.1) is 5.92 Å². The first-order chi connectivity index (χ1) is 9.65. The van der Waals surface area contributed by atoms with E-state index in [0.717, 1.165) is 26.1 Å². The number of likely N-dealkylation sites (tertiary alicyclic amines) is 1. The Morgan fingerprint density at radius 1 is 1.55 bits per heavy atom. The molecule has 2 N–H and O–H groups in total. The van der Waals surface area contributed by atoms with Crippen LogP contribution in [0.4, 0.5) is 0 Å². The van der Waals surface area contributed by atoms with E-state index in [0.29, 0.717) is 18.2 Å². The molecule has 1 saturated heterocycles. The summed E-state index contributed by atoms with van der Waals surface area (Å²) in [5.74, 6) is 0.452. The normalized spacial score (nSPS) is 19.0. The molecule has 0 spiro atoms. The Bertz CT molecular complexity index is 476. The molecule has 1 amide bonds. The van der Waals surface area contributed by atoms with Gasteiger partial charge in [0.2, 0.25) is 0 Å². The number of carbonyl (C=O) groups excluding carboxylic acids is 1. The Morgan fingerprint density at radius 3 is 3.00 bits per heavy atom. The van der Waals surface area contributed by atoms with Gasteiger partial charge in [0.15, 0.2) is 11.5 Å². The minimum Gasteiger partial charge on any atom is -0.504 e. The zero-order valence-corrected chi connectivity index (χ0v) is 12.1. The number of nitrogens with zero attached hydrogens (tertiary/aromatic N) is 1. The molecular weight excluding hydrogens is 256 g/mol. The fraction of sp³-hybridized carbons (Fsp3) is 0.533. The summed E-state index contributed by atoms with van der Waals surface area (Å²) >= 11 is 0. The fourth-order valence-corrected chi connectivity index (χ4v) is 2.57. The Hall–Kier alpha value is -1.75. The van der Waals surface area contributed by atoms with Gasteiger partial charge in [0, 0.05) is 13.1 Å². The van der Waals surface area contributed by atoms with E-state index in [2.05, 4.69) is 17.1 Å². The molecule has 0 aromatic heterocycles. The number of phenolic OH excluding ortho intramolecular Hbond substituents is 1. The van der Waals surface area contributed by atoms with Crippen LogP contribution in [0.15, 0.2) is 18.2 Å². The van der Waals surface area contributed by atoms with Crippen LogP contribution in [0.1, 0.15) is 23.7 Å². The molecule has 1 atom stereocenters. The van der Waals surface area contributed by atoms with E-state index in [-0.39, 0.29) is 17.2 Å². The Kier molecular flexibility index (Phi) is 4.84. The van der Waals surface area contributed by atoms with Crippen molar-refractivity contribution in [1.82, 2.24) is 10.2 Å². The lowest BCUT2D eigenvalue weighted by Crippen LogP contribution is -2.31. The topological polar surface area (TPSA) is 61.8 Å². The van der Waals surface area contributed by atoms with Gasteiger partial charge < -0.3 is 20.1 Å². The van der Waals surface area contributed by atoms with E-state index in [9.17, 15) is 9.90 Å². The van der Waals surface area contributed by atoms with Crippen molar-refractivity contribution >= 4 is 5.91 Å². The van der Waals surface area contributed by atoms with Gasteiger partial charge in [-0.1, -0.05) is 13.0 Å². The lowest BCUT2D eigenvalue weighted by atomic mass is 10.1. The minimum atomic E-state index is -0.253. The maximum Gasteiger partial charge on any atom is 0.255 e. The Balaban J connectivity index is 1.92. The predicted molar refractivity (Wildman–Crippen MR) is 77.2 cm³/mol. The highest BCUT2D eigenvalue weighted by Gasteiger charge is 2.22. The summed E-state index contributed by atoms with van der Waals surface area (Å²) in [6.07, 6.45) is 1.11. The van der Waals surface area contributed by atoms with Crippen LogP contribution in [0.5, 0.6) is 11.5 Å². The number of rotatable bonds is 5. The number of aromatic hydroxyl groups is 1. The van der Waals surface area contributed by atoms with Crippen molar-refractivity contribution in [3.8, 4) is 11.5 Å². The van der Waals surface area contributed by atoms with Crippen LogP contribution in [0.2, 0.25) is 0 Å². The van der Waals surface area contributed by atoms with Gasteiger partial charge in [0.05, 0.1) is 12.7 Å². The first kappa shape index (κ1) is 14.7. The summed E-state index contributed by atoms with van der Waals surface area (Å²) in [6.45, 7) is 5.98. The number of para-hydroxylation sites is 1. The van der Waals surface area contributed by atoms with Gasteiger partial charge in [-0.15, -0.1) is 0 Å². The predicted octanol–water partition coefficient (Wildman–Crippen LogP) is 1.47. The molecule has 5 heteroatoms. The largest absolute Gasteiger partial charge is 0.504 e. The van der Waals surface area contributed by atoms with E-state index < -0.39 is 0 Å². The number of methoxy groups -OCH3 is 1. The van der Waals surface area contributed by atoms with E-state index in [1.165, 1.54) is 7.11 Å². The summed E-state index contributed by atoms with van der Waals surface area (Å²) in [4.78, 5) is 14.5. The number of benzene rings is 1. The van der Waals surface area contributed by atoms with Gasteiger partial charge >= 0.3 is 0 Å². The van der Waals surface area contributed by atoms with Crippen molar-refractivity contribution in [3.63, 3.8) is 0 Å². The molecule has 1 aliphatic heterocycles. The van der Waals surface area contributed by atoms with Gasteiger partial charge in [0.25, 0.3) is 5.91 Å². The molecule has 5 nitrogen and oxygen atoms in total. The van der Waals surface area contributed by atoms with Gasteiger partial charge in [-0.3, -0.25) is 4.79 Å². The molecule has 1 fully saturated rings. The molecule has 0 bridgehead atoms. The van der Waals surface area contributed by atoms with E-state index >= 15 is 0 Å². The lowest BCUT2D eigenvalue weighted by Gasteiger charge is -2.14. The van der Waals surface area contributed by atoms with E-state index in [1.807, 2.05) is 0 Å². The standard InChI is InChI=1S/C15H22N2O3/c1-3-17-8-7-11(10-17)9-16-15(19)12-5-4-6-13(20-2)14(12)18/h4-6,11,18H,3,7-10H2,1-2H3,(H,16,19). The second kappa shape index (κ2) is 6.61. The zero-order chi connectivity index (χ0) is 14.5. The monoisotopic (exact) mass is 278 g/mol. The first-order valence-electron chi connectivity index (χ1n) is 7.02. The maximum absolute atomic E-state index is 12.1. The van der Waals surface area contributed by atoms with Crippen molar-refractivity contribution in [2.24, 2.45) is 5.92 Å². The van der Waals surface area contributed by atoms with Gasteiger partial charge in [-0.25, -0.2) is 0 Å². The highest BCUT2D eigenvalue weighted by atomic mass is 16.5. The number of hydrogen-bond acceptors (Lipinski definition) is 4. The third-order valence-electron chi connectivity index (χ3n) is 3.83. The van der Waals surface area contributed by atoms with Crippen LogP contribution in [-0.4, -0.2) is 49.2 Å². The molecule has 0 radical (unpaired) electrons. The summed E-state index contributed by atoms with van der Waals surface area (Å²) in [5, 5.41) is 12.8. The molecule has 1 unspecified atom stereocenters. The van der Waals surface area contributed by atoms with Crippen LogP contribution in [0.3, 0.4) is 0 Å². The second-order valence-electron chi connectivity index (χ2n) is 5.11. The molecule has 1 aromatic rings. The van der Waals surface area contributed by atoms with Crippen LogP contribution in [0.25, 0.3) is 0 Å². The molecule has 20 heavy (non-hydrogen) atoms. The number of ether oxygens (including phenoxy) is 1. The molecule has 1 heterocycles. The molecule has 1 aliphatic rings. The van der Waals surface area contributed by atoms with E-state index in [4.69, 9.17) is 4.74 Å². The Labute approximate surface area is 119 Å². The molecule has 0 saturated carbocycles. The first-order valence-corrected chi connectivity index (χ1v) is 7.02. The van der Waals surface area contributed by atoms with Crippen molar-refractivity contribution in [1.29, 1.82) is 0 Å². The number of carbonyl (C=O) groups is 1. The Morgan fingerprint density at radius 2 is 2.35 bits per heavy atom. The molecule has 110 valence electrons. The number of nitrogens with one attached hydrogen (secondary N) is 1. The van der Waals surface area contributed by atoms with Gasteiger partial charge in [-0.2, -0.15) is 0 Å². The molecular formula is C15H22N2O3. The summed E-state index contributed by atoms with van der Waals surface area (Å²) in [7, 11) is 1.47. The van der Waals surface area contributed by atoms with E-state index in [1.54, 1.807) is 18.2 Å². The summed E-state index contributed by atoms with van der Waals surface area (Å²) in [6, 6.07) is 4.92. The number of phenols is 1. The van der Waals surface area contributed by atoms with Crippen molar-refractivity contribution < 1.29 is 14.6 Å². The number of amides is 1. The van der Waals surface area contributed by atoms with Gasteiger partial charge in [-0.05, 0) is 37.6 Å². The fourth-order valence-electron chi connectivity index (χ4n) is 2.57. The molecule has 0 aliphatic carbocycles. The summed E-state index contributed by atoms with van der Waals surface area (Å²) in [5.41, 5.74) is 0.259. The van der Waals surface area contributed by atoms with Crippen molar-refractivity contribution in [2.75, 3.05) is 33.3 Å². The quantitative estimate of drug-likeness (QED) is 0.856. The third kappa shape index (κ3) is 3.22. The van der Waals surface area contributed by atoms with Crippen molar-refractivity contribution in [3.05, 3.63) is 23.8 Å². The van der Waals surface area contributed by atoms with Crippen LogP contribution >= 0.6 is 0 Å². The van der Waals surface area contributed by atoms with Crippen LogP contribution in [-0.2, 0) is 0 Å². The lowest BCUT2D eigenvalue weighted by molar-refractivity contribution is 0.0944. The number of hydrogen-bond donors (Lipinski definition) is 2. The highest BCUT2D eigenvalue weighted by Crippen LogP contribution is 2.29. The minimum absolute atomic E-state index is 0.103. The van der Waals surface area contributed by atoms with Crippen molar-refractivity contribution in [2.45, 2.75) is 13.3 Å². The zero-order valence-electron chi connectivity index (χ0n) is 12.1. The van der Waals surface area contributed by atoms with Gasteiger partial charge in [0.1, 0.15) is 0 Å². The third-order valence-corrected chi connectivity index (χ3v) is 3.83. The van der Waals surface area contributed by atoms with Crippen LogP contribution < -0.4 is 10.1 Å². The average Bonchev–Trinajstić information content (AvgIpc) is 2.93. The maximum atomic E-state index is 12.1. The molecule has 2 rings (SSSR count). The SMILES string of the molecule is CCN1CCC(CNC(=O)c2cccc(OC)c2O)C1. The smallest absolute Gasteiger partial charge is 0.255 e. The molecule has 1 aromatic carbocycles. The summed E-state index contributed by atoms with van der Waals surface area (Å²) < 4.78 is 5.01. The highest BCUT2D eigenvalue weighted by molar-refractivity contribution is 5.97.